The maximum Gasteiger partial charge on any atom is 0.246 e. The van der Waals surface area contributed by atoms with Gasteiger partial charge in [0, 0.05) is 25.5 Å². The largest absolute Gasteiger partial charge is 0.354 e. The van der Waals surface area contributed by atoms with Crippen LogP contribution in [0.25, 0.3) is 0 Å². The van der Waals surface area contributed by atoms with E-state index in [4.69, 9.17) is 0 Å². The fraction of sp³-hybridized carbons (Fsp3) is 0.680. The highest BCUT2D eigenvalue weighted by molar-refractivity contribution is 7.40. The summed E-state index contributed by atoms with van der Waals surface area (Å²) in [6, 6.07) is -1.14. The van der Waals surface area contributed by atoms with Crippen LogP contribution in [0.1, 0.15) is 65.5 Å². The third-order valence-electron chi connectivity index (χ3n) is 6.73. The maximum absolute atomic E-state index is 13.8. The van der Waals surface area contributed by atoms with E-state index in [1.54, 1.807) is 23.5 Å². The Labute approximate surface area is 204 Å². The van der Waals surface area contributed by atoms with Crippen LogP contribution >= 0.6 is 8.20 Å². The van der Waals surface area contributed by atoms with Gasteiger partial charge in [0.15, 0.2) is 0 Å². The van der Waals surface area contributed by atoms with Crippen molar-refractivity contribution in [3.8, 4) is 0 Å². The average Bonchev–Trinajstić information content (AvgIpc) is 3.38. The normalized spacial score (nSPS) is 23.1. The molecule has 4 unspecified atom stereocenters. The van der Waals surface area contributed by atoms with Crippen molar-refractivity contribution >= 4 is 31.7 Å². The van der Waals surface area contributed by atoms with E-state index in [1.165, 1.54) is 0 Å². The van der Waals surface area contributed by atoms with Gasteiger partial charge in [-0.3, -0.25) is 24.4 Å². The predicted octanol–water partition coefficient (Wildman–Crippen LogP) is 2.65. The number of carbonyl (C=O) groups excluding carboxylic acids is 3. The highest BCUT2D eigenvalue weighted by atomic mass is 31.1. The zero-order valence-electron chi connectivity index (χ0n) is 20.8. The molecule has 2 heterocycles. The molecule has 34 heavy (non-hydrogen) atoms. The molecule has 9 heteroatoms. The molecule has 1 aromatic heterocycles. The SMILES string of the molecule is CCCCNC(=O)C1C2CCCC2CN1C(=O)C(NC(=O)CP=Cc1cnccn1)C(C)(C)C. The molecule has 1 saturated heterocycles. The van der Waals surface area contributed by atoms with E-state index in [0.29, 0.717) is 24.7 Å². The molecule has 1 aliphatic carbocycles. The lowest BCUT2D eigenvalue weighted by Crippen LogP contribution is -2.58. The van der Waals surface area contributed by atoms with Crippen molar-refractivity contribution in [2.75, 3.05) is 19.3 Å². The second-order valence-corrected chi connectivity index (χ2v) is 11.3. The number of nitrogens with zero attached hydrogens (tertiary/aromatic N) is 3. The highest BCUT2D eigenvalue weighted by Gasteiger charge is 2.51. The number of hydrogen-bond donors (Lipinski definition) is 2. The van der Waals surface area contributed by atoms with Crippen molar-refractivity contribution in [1.29, 1.82) is 0 Å². The lowest BCUT2D eigenvalue weighted by molar-refractivity contribution is -0.144. The van der Waals surface area contributed by atoms with Gasteiger partial charge in [-0.1, -0.05) is 48.7 Å². The summed E-state index contributed by atoms with van der Waals surface area (Å²) in [4.78, 5) is 49.7. The van der Waals surface area contributed by atoms with Crippen LogP contribution in [0.2, 0.25) is 0 Å². The van der Waals surface area contributed by atoms with Gasteiger partial charge in [0.2, 0.25) is 17.7 Å². The summed E-state index contributed by atoms with van der Waals surface area (Å²) in [7, 11) is 0.775. The molecule has 186 valence electrons. The number of hydrogen-bond acceptors (Lipinski definition) is 5. The Balaban J connectivity index is 1.70. The lowest BCUT2D eigenvalue weighted by Gasteiger charge is -2.36. The summed E-state index contributed by atoms with van der Waals surface area (Å²) in [6.45, 7) is 9.17. The van der Waals surface area contributed by atoms with E-state index in [0.717, 1.165) is 40.3 Å². The van der Waals surface area contributed by atoms with Crippen molar-refractivity contribution in [3.63, 3.8) is 0 Å². The van der Waals surface area contributed by atoms with Crippen molar-refractivity contribution in [2.45, 2.75) is 71.9 Å². The van der Waals surface area contributed by atoms with Gasteiger partial charge in [0.05, 0.1) is 18.1 Å². The Hall–Kier alpha value is -2.34. The second-order valence-electron chi connectivity index (χ2n) is 10.4. The van der Waals surface area contributed by atoms with E-state index in [1.807, 2.05) is 26.6 Å². The van der Waals surface area contributed by atoms with E-state index in [9.17, 15) is 14.4 Å². The molecule has 2 aliphatic rings. The quantitative estimate of drug-likeness (QED) is 0.412. The summed E-state index contributed by atoms with van der Waals surface area (Å²) in [5, 5.41) is 6.02. The molecule has 0 spiro atoms. The number of aromatic nitrogens is 2. The fourth-order valence-electron chi connectivity index (χ4n) is 4.98. The third kappa shape index (κ3) is 6.62. The van der Waals surface area contributed by atoms with E-state index in [2.05, 4.69) is 27.5 Å². The number of carbonyl (C=O) groups is 3. The first-order valence-electron chi connectivity index (χ1n) is 12.4. The van der Waals surface area contributed by atoms with Crippen molar-refractivity contribution in [2.24, 2.45) is 17.3 Å². The van der Waals surface area contributed by atoms with E-state index >= 15 is 0 Å². The van der Waals surface area contributed by atoms with Gasteiger partial charge in [0.1, 0.15) is 12.1 Å². The first-order chi connectivity index (χ1) is 16.2. The summed E-state index contributed by atoms with van der Waals surface area (Å²) < 4.78 is 0. The molecule has 3 rings (SSSR count). The van der Waals surface area contributed by atoms with Crippen molar-refractivity contribution in [1.82, 2.24) is 25.5 Å². The molecule has 2 fully saturated rings. The second kappa shape index (κ2) is 11.9. The molecule has 0 radical (unpaired) electrons. The van der Waals surface area contributed by atoms with Gasteiger partial charge in [0.25, 0.3) is 0 Å². The molecule has 2 N–H and O–H groups in total. The number of amides is 3. The Kier molecular flexibility index (Phi) is 9.17. The summed E-state index contributed by atoms with van der Waals surface area (Å²) >= 11 is 0. The smallest absolute Gasteiger partial charge is 0.246 e. The number of fused-ring (bicyclic) bond motifs is 1. The Bertz CT molecular complexity index is 886. The minimum atomic E-state index is -0.698. The lowest BCUT2D eigenvalue weighted by atomic mass is 9.85. The van der Waals surface area contributed by atoms with Crippen molar-refractivity contribution < 1.29 is 14.4 Å². The van der Waals surface area contributed by atoms with Crippen LogP contribution in [0.15, 0.2) is 18.6 Å². The van der Waals surface area contributed by atoms with E-state index in [-0.39, 0.29) is 29.8 Å². The van der Waals surface area contributed by atoms with Crippen LogP contribution in [0.4, 0.5) is 0 Å². The number of likely N-dealkylation sites (tertiary alicyclic amines) is 1. The summed E-state index contributed by atoms with van der Waals surface area (Å²) in [6.07, 6.45) is 10.1. The number of unbranched alkanes of at least 4 members (excludes halogenated alkanes) is 1. The van der Waals surface area contributed by atoms with Gasteiger partial charge < -0.3 is 15.5 Å². The molecule has 3 amide bonds. The van der Waals surface area contributed by atoms with E-state index < -0.39 is 17.5 Å². The topological polar surface area (TPSA) is 104 Å². The monoisotopic (exact) mass is 487 g/mol. The molecule has 1 aliphatic heterocycles. The Morgan fingerprint density at radius 3 is 2.74 bits per heavy atom. The van der Waals surface area contributed by atoms with Gasteiger partial charge in [-0.05, 0) is 42.3 Å². The highest BCUT2D eigenvalue weighted by Crippen LogP contribution is 2.43. The first kappa shape index (κ1) is 26.3. The molecule has 0 bridgehead atoms. The van der Waals surface area contributed by atoms with Crippen LogP contribution in [0, 0.1) is 17.3 Å². The van der Waals surface area contributed by atoms with Gasteiger partial charge >= 0.3 is 0 Å². The molecule has 1 aromatic rings. The Morgan fingerprint density at radius 1 is 1.26 bits per heavy atom. The minimum absolute atomic E-state index is 0.0488. The van der Waals surface area contributed by atoms with Gasteiger partial charge in [-0.2, -0.15) is 0 Å². The molecular weight excluding hydrogens is 449 g/mol. The summed E-state index contributed by atoms with van der Waals surface area (Å²) in [5.41, 5.74) is 0.222. The molecular formula is C25H38N5O3P. The van der Waals surface area contributed by atoms with Gasteiger partial charge in [-0.25, -0.2) is 0 Å². The molecule has 4 atom stereocenters. The van der Waals surface area contributed by atoms with Crippen LogP contribution in [-0.4, -0.2) is 69.7 Å². The Morgan fingerprint density at radius 2 is 2.06 bits per heavy atom. The molecule has 0 aromatic carbocycles. The van der Waals surface area contributed by atoms with Crippen LogP contribution in [0.5, 0.6) is 0 Å². The summed E-state index contributed by atoms with van der Waals surface area (Å²) in [5.74, 6) is 2.01. The molecule has 1 saturated carbocycles. The first-order valence-corrected chi connectivity index (χ1v) is 13.5. The van der Waals surface area contributed by atoms with Crippen LogP contribution in [-0.2, 0) is 14.4 Å². The minimum Gasteiger partial charge on any atom is -0.354 e. The number of nitrogens with one attached hydrogen (secondary N) is 2. The number of rotatable bonds is 9. The zero-order valence-corrected chi connectivity index (χ0v) is 21.7. The van der Waals surface area contributed by atoms with Crippen LogP contribution < -0.4 is 10.6 Å². The van der Waals surface area contributed by atoms with Crippen molar-refractivity contribution in [3.05, 3.63) is 24.3 Å². The fourth-order valence-corrected chi connectivity index (χ4v) is 5.65. The standard InChI is InChI=1S/C25H38N5O3P/c1-5-6-10-28-23(32)21-19-9-7-8-17(19)14-30(21)24(33)22(25(2,3)4)29-20(31)16-34-15-18-13-26-11-12-27-18/h11-13,15,17,19,21-22H,5-10,14,16H2,1-4H3,(H,28,32)(H,29,31). The molecule has 8 nitrogen and oxygen atoms in total. The third-order valence-corrected chi connectivity index (χ3v) is 7.65. The average molecular weight is 488 g/mol. The predicted molar refractivity (Wildman–Crippen MR) is 135 cm³/mol. The zero-order chi connectivity index (χ0) is 24.7. The maximum atomic E-state index is 13.8. The van der Waals surface area contributed by atoms with Crippen LogP contribution in [0.3, 0.4) is 0 Å². The van der Waals surface area contributed by atoms with Gasteiger partial charge in [-0.15, -0.1) is 0 Å².